The van der Waals surface area contributed by atoms with Crippen LogP contribution in [-0.2, 0) is 6.54 Å². The summed E-state index contributed by atoms with van der Waals surface area (Å²) < 4.78 is 13.6. The zero-order valence-corrected chi connectivity index (χ0v) is 13.3. The number of benzene rings is 1. The normalized spacial score (nSPS) is 24.3. The van der Waals surface area contributed by atoms with E-state index in [2.05, 4.69) is 31.0 Å². The fourth-order valence-corrected chi connectivity index (χ4v) is 3.08. The molecule has 0 saturated carbocycles. The van der Waals surface area contributed by atoms with Crippen LogP contribution in [0.15, 0.2) is 18.2 Å². The summed E-state index contributed by atoms with van der Waals surface area (Å²) in [7, 11) is 0. The lowest BCUT2D eigenvalue weighted by atomic mass is 9.98. The second kappa shape index (κ2) is 6.88. The van der Waals surface area contributed by atoms with Crippen molar-refractivity contribution in [1.29, 1.82) is 0 Å². The van der Waals surface area contributed by atoms with Crippen molar-refractivity contribution >= 4 is 11.6 Å². The summed E-state index contributed by atoms with van der Waals surface area (Å²) in [5.74, 6) is 0.327. The molecule has 1 aliphatic heterocycles. The SMILES string of the molecule is CC(C)CC1CNC(C)CN1Cc1cccc(F)c1Cl. The molecular weight excluding hydrogens is 275 g/mol. The van der Waals surface area contributed by atoms with Crippen LogP contribution in [-0.4, -0.2) is 30.1 Å². The minimum absolute atomic E-state index is 0.266. The predicted molar refractivity (Wildman–Crippen MR) is 82.5 cm³/mol. The third kappa shape index (κ3) is 3.94. The molecule has 112 valence electrons. The number of nitrogens with one attached hydrogen (secondary N) is 1. The highest BCUT2D eigenvalue weighted by Crippen LogP contribution is 2.24. The predicted octanol–water partition coefficient (Wildman–Crippen LogP) is 3.69. The maximum absolute atomic E-state index is 13.6. The molecule has 0 aromatic heterocycles. The molecule has 1 fully saturated rings. The van der Waals surface area contributed by atoms with Crippen molar-refractivity contribution in [2.45, 2.75) is 45.8 Å². The summed E-state index contributed by atoms with van der Waals surface area (Å²) in [6.45, 7) is 9.36. The summed E-state index contributed by atoms with van der Waals surface area (Å²) in [4.78, 5) is 2.43. The maximum atomic E-state index is 13.6. The molecule has 0 spiro atoms. The summed E-state index contributed by atoms with van der Waals surface area (Å²) in [5.41, 5.74) is 0.884. The largest absolute Gasteiger partial charge is 0.311 e. The van der Waals surface area contributed by atoms with Gasteiger partial charge in [-0.1, -0.05) is 37.6 Å². The molecule has 2 rings (SSSR count). The van der Waals surface area contributed by atoms with Gasteiger partial charge in [-0.25, -0.2) is 4.39 Å². The van der Waals surface area contributed by atoms with Gasteiger partial charge in [-0.2, -0.15) is 0 Å². The van der Waals surface area contributed by atoms with E-state index in [-0.39, 0.29) is 10.8 Å². The highest BCUT2D eigenvalue weighted by Gasteiger charge is 2.27. The van der Waals surface area contributed by atoms with Crippen molar-refractivity contribution in [1.82, 2.24) is 10.2 Å². The Labute approximate surface area is 126 Å². The van der Waals surface area contributed by atoms with Gasteiger partial charge in [-0.3, -0.25) is 4.90 Å². The van der Waals surface area contributed by atoms with Crippen molar-refractivity contribution in [3.63, 3.8) is 0 Å². The van der Waals surface area contributed by atoms with Gasteiger partial charge in [0.05, 0.1) is 5.02 Å². The number of rotatable bonds is 4. The molecular formula is C16H24ClFN2. The topological polar surface area (TPSA) is 15.3 Å². The van der Waals surface area contributed by atoms with Crippen LogP contribution in [0, 0.1) is 11.7 Å². The molecule has 2 unspecified atom stereocenters. The number of hydrogen-bond donors (Lipinski definition) is 1. The first-order valence-electron chi connectivity index (χ1n) is 7.37. The molecule has 1 saturated heterocycles. The first-order chi connectivity index (χ1) is 9.47. The Hall–Kier alpha value is -0.640. The molecule has 2 atom stereocenters. The highest BCUT2D eigenvalue weighted by molar-refractivity contribution is 6.31. The molecule has 4 heteroatoms. The molecule has 1 aromatic carbocycles. The summed E-state index contributed by atoms with van der Waals surface area (Å²) in [5, 5.41) is 3.80. The average Bonchev–Trinajstić information content (AvgIpc) is 2.38. The maximum Gasteiger partial charge on any atom is 0.142 e. The minimum atomic E-state index is -0.326. The number of hydrogen-bond acceptors (Lipinski definition) is 2. The van der Waals surface area contributed by atoms with E-state index in [0.29, 0.717) is 18.0 Å². The van der Waals surface area contributed by atoms with E-state index in [9.17, 15) is 4.39 Å². The molecule has 0 bridgehead atoms. The van der Waals surface area contributed by atoms with Gasteiger partial charge in [-0.15, -0.1) is 0 Å². The molecule has 0 aliphatic carbocycles. The Morgan fingerprint density at radius 2 is 2.20 bits per heavy atom. The Balaban J connectivity index is 2.12. The van der Waals surface area contributed by atoms with Gasteiger partial charge in [0.1, 0.15) is 5.82 Å². The quantitative estimate of drug-likeness (QED) is 0.912. The lowest BCUT2D eigenvalue weighted by Gasteiger charge is -2.40. The van der Waals surface area contributed by atoms with Crippen LogP contribution in [0.1, 0.15) is 32.8 Å². The molecule has 20 heavy (non-hydrogen) atoms. The number of halogens is 2. The van der Waals surface area contributed by atoms with Crippen LogP contribution in [0.3, 0.4) is 0 Å². The van der Waals surface area contributed by atoms with Gasteiger partial charge in [0, 0.05) is 31.7 Å². The summed E-state index contributed by atoms with van der Waals surface area (Å²) in [6, 6.07) is 6.03. The van der Waals surface area contributed by atoms with Crippen molar-refractivity contribution in [3.8, 4) is 0 Å². The van der Waals surface area contributed by atoms with Gasteiger partial charge in [-0.05, 0) is 30.9 Å². The second-order valence-corrected chi connectivity index (χ2v) is 6.61. The van der Waals surface area contributed by atoms with E-state index >= 15 is 0 Å². The average molecular weight is 299 g/mol. The Kier molecular flexibility index (Phi) is 5.42. The molecule has 0 amide bonds. The van der Waals surface area contributed by atoms with Crippen molar-refractivity contribution < 1.29 is 4.39 Å². The van der Waals surface area contributed by atoms with E-state index in [1.54, 1.807) is 6.07 Å². The molecule has 1 aromatic rings. The van der Waals surface area contributed by atoms with Crippen molar-refractivity contribution in [2.75, 3.05) is 13.1 Å². The fraction of sp³-hybridized carbons (Fsp3) is 0.625. The van der Waals surface area contributed by atoms with E-state index < -0.39 is 0 Å². The van der Waals surface area contributed by atoms with Crippen LogP contribution in [0.5, 0.6) is 0 Å². The van der Waals surface area contributed by atoms with E-state index in [4.69, 9.17) is 11.6 Å². The minimum Gasteiger partial charge on any atom is -0.311 e. The summed E-state index contributed by atoms with van der Waals surface area (Å²) in [6.07, 6.45) is 1.15. The smallest absolute Gasteiger partial charge is 0.142 e. The van der Waals surface area contributed by atoms with E-state index in [1.165, 1.54) is 6.07 Å². The third-order valence-corrected chi connectivity index (χ3v) is 4.30. The van der Waals surface area contributed by atoms with Crippen LogP contribution >= 0.6 is 11.6 Å². The van der Waals surface area contributed by atoms with E-state index in [0.717, 1.165) is 31.6 Å². The van der Waals surface area contributed by atoms with Gasteiger partial charge in [0.15, 0.2) is 0 Å². The zero-order chi connectivity index (χ0) is 14.7. The van der Waals surface area contributed by atoms with Gasteiger partial charge >= 0.3 is 0 Å². The first-order valence-corrected chi connectivity index (χ1v) is 7.75. The third-order valence-electron chi connectivity index (χ3n) is 3.88. The zero-order valence-electron chi connectivity index (χ0n) is 12.5. The molecule has 1 aliphatic rings. The molecule has 1 heterocycles. The van der Waals surface area contributed by atoms with E-state index in [1.807, 2.05) is 6.07 Å². The van der Waals surface area contributed by atoms with Crippen LogP contribution in [0.25, 0.3) is 0 Å². The van der Waals surface area contributed by atoms with Gasteiger partial charge in [0.25, 0.3) is 0 Å². The summed E-state index contributed by atoms with van der Waals surface area (Å²) >= 11 is 6.08. The lowest BCUT2D eigenvalue weighted by molar-refractivity contribution is 0.111. The Morgan fingerprint density at radius 3 is 2.90 bits per heavy atom. The lowest BCUT2D eigenvalue weighted by Crippen LogP contribution is -2.55. The molecule has 1 N–H and O–H groups in total. The first kappa shape index (κ1) is 15.7. The second-order valence-electron chi connectivity index (χ2n) is 6.24. The number of piperazine rings is 1. The van der Waals surface area contributed by atoms with Crippen LogP contribution in [0.2, 0.25) is 5.02 Å². The van der Waals surface area contributed by atoms with Crippen LogP contribution < -0.4 is 5.32 Å². The van der Waals surface area contributed by atoms with Gasteiger partial charge < -0.3 is 5.32 Å². The fourth-order valence-electron chi connectivity index (χ4n) is 2.89. The molecule has 0 radical (unpaired) electrons. The van der Waals surface area contributed by atoms with Gasteiger partial charge in [0.2, 0.25) is 0 Å². The van der Waals surface area contributed by atoms with Crippen molar-refractivity contribution in [2.24, 2.45) is 5.92 Å². The van der Waals surface area contributed by atoms with Crippen LogP contribution in [0.4, 0.5) is 4.39 Å². The van der Waals surface area contributed by atoms with Crippen molar-refractivity contribution in [3.05, 3.63) is 34.6 Å². The molecule has 2 nitrogen and oxygen atoms in total. The number of nitrogens with zero attached hydrogens (tertiary/aromatic N) is 1. The Morgan fingerprint density at radius 1 is 1.45 bits per heavy atom. The Bertz CT molecular complexity index is 450. The monoisotopic (exact) mass is 298 g/mol. The standard InChI is InChI=1S/C16H24ClFN2/c1-11(2)7-14-8-19-12(3)9-20(14)10-13-5-4-6-15(18)16(13)17/h4-6,11-12,14,19H,7-10H2,1-3H3. The highest BCUT2D eigenvalue weighted by atomic mass is 35.5.